The summed E-state index contributed by atoms with van der Waals surface area (Å²) < 4.78 is 8.29. The largest absolute Gasteiger partial charge is 0.497 e. The number of pyridine rings is 1. The first kappa shape index (κ1) is 18.9. The lowest BCUT2D eigenvalue weighted by atomic mass is 10.1. The van der Waals surface area contributed by atoms with Crippen LogP contribution < -0.4 is 15.7 Å². The Bertz CT molecular complexity index is 1040. The minimum absolute atomic E-state index is 0.0997. The van der Waals surface area contributed by atoms with E-state index in [1.54, 1.807) is 24.1 Å². The topological polar surface area (TPSA) is 91.0 Å². The standard InChI is InChI=1S/C21H23N5O3/c1-29-18-8-4-15(5-9-18)13-19(27)23-11-12-25-21(28)26(17-6-7-17)20(24-25)16-3-2-10-22-14-16/h2-5,8-10,14,17H,6-7,11-13H2,1H3,(H,23,27). The maximum Gasteiger partial charge on any atom is 0.346 e. The summed E-state index contributed by atoms with van der Waals surface area (Å²) in [5.74, 6) is 1.29. The van der Waals surface area contributed by atoms with Crippen molar-refractivity contribution in [1.29, 1.82) is 0 Å². The van der Waals surface area contributed by atoms with Gasteiger partial charge in [-0.15, -0.1) is 5.10 Å². The van der Waals surface area contributed by atoms with Crippen molar-refractivity contribution < 1.29 is 9.53 Å². The van der Waals surface area contributed by atoms with E-state index in [1.807, 2.05) is 36.4 Å². The summed E-state index contributed by atoms with van der Waals surface area (Å²) >= 11 is 0. The molecule has 0 unspecified atom stereocenters. The number of hydrogen-bond donors (Lipinski definition) is 1. The van der Waals surface area contributed by atoms with Gasteiger partial charge in [-0.3, -0.25) is 14.3 Å². The summed E-state index contributed by atoms with van der Waals surface area (Å²) in [4.78, 5) is 29.1. The molecule has 29 heavy (non-hydrogen) atoms. The Labute approximate surface area is 168 Å². The normalized spacial score (nSPS) is 13.3. The molecule has 1 aliphatic carbocycles. The Hall–Kier alpha value is -3.42. The number of carbonyl (C=O) groups excluding carboxylic acids is 1. The second-order valence-corrected chi connectivity index (χ2v) is 7.05. The lowest BCUT2D eigenvalue weighted by molar-refractivity contribution is -0.120. The highest BCUT2D eigenvalue weighted by Crippen LogP contribution is 2.36. The van der Waals surface area contributed by atoms with E-state index in [-0.39, 0.29) is 24.1 Å². The predicted molar refractivity (Wildman–Crippen MR) is 108 cm³/mol. The fraction of sp³-hybridized carbons (Fsp3) is 0.333. The third kappa shape index (κ3) is 4.37. The average Bonchev–Trinajstić information content (AvgIpc) is 3.53. The van der Waals surface area contributed by atoms with E-state index >= 15 is 0 Å². The summed E-state index contributed by atoms with van der Waals surface area (Å²) in [5, 5.41) is 7.36. The molecule has 1 aromatic carbocycles. The molecule has 0 saturated heterocycles. The summed E-state index contributed by atoms with van der Waals surface area (Å²) in [6, 6.07) is 11.3. The van der Waals surface area contributed by atoms with Gasteiger partial charge in [0.25, 0.3) is 0 Å². The Morgan fingerprint density at radius 3 is 2.69 bits per heavy atom. The average molecular weight is 393 g/mol. The summed E-state index contributed by atoms with van der Waals surface area (Å²) in [5.41, 5.74) is 1.58. The molecule has 0 radical (unpaired) electrons. The molecule has 0 spiro atoms. The quantitative estimate of drug-likeness (QED) is 0.630. The molecule has 2 heterocycles. The van der Waals surface area contributed by atoms with Crippen molar-refractivity contribution in [2.45, 2.75) is 31.8 Å². The van der Waals surface area contributed by atoms with Gasteiger partial charge in [0.05, 0.1) is 20.1 Å². The molecular weight excluding hydrogens is 370 g/mol. The van der Waals surface area contributed by atoms with Crippen molar-refractivity contribution in [3.8, 4) is 17.1 Å². The smallest absolute Gasteiger partial charge is 0.346 e. The molecular formula is C21H23N5O3. The van der Waals surface area contributed by atoms with E-state index in [2.05, 4.69) is 15.4 Å². The van der Waals surface area contributed by atoms with Gasteiger partial charge in [0.15, 0.2) is 5.82 Å². The SMILES string of the molecule is COc1ccc(CC(=O)NCCn2nc(-c3cccnc3)n(C3CC3)c2=O)cc1. The molecule has 1 N–H and O–H groups in total. The van der Waals surface area contributed by atoms with Crippen LogP contribution in [-0.4, -0.2) is 38.9 Å². The molecule has 0 atom stereocenters. The van der Waals surface area contributed by atoms with Gasteiger partial charge in [0, 0.05) is 30.5 Å². The molecule has 1 saturated carbocycles. The van der Waals surface area contributed by atoms with Gasteiger partial charge in [-0.1, -0.05) is 12.1 Å². The zero-order valence-corrected chi connectivity index (χ0v) is 16.2. The molecule has 1 amide bonds. The number of ether oxygens (including phenoxy) is 1. The van der Waals surface area contributed by atoms with Crippen molar-refractivity contribution in [2.75, 3.05) is 13.7 Å². The fourth-order valence-electron chi connectivity index (χ4n) is 3.21. The van der Waals surface area contributed by atoms with Crippen LogP contribution in [0.25, 0.3) is 11.4 Å². The fourth-order valence-corrected chi connectivity index (χ4v) is 3.21. The summed E-state index contributed by atoms with van der Waals surface area (Å²) in [7, 11) is 1.61. The molecule has 4 rings (SSSR count). The van der Waals surface area contributed by atoms with Crippen LogP contribution in [0, 0.1) is 0 Å². The lowest BCUT2D eigenvalue weighted by Crippen LogP contribution is -2.32. The van der Waals surface area contributed by atoms with Crippen LogP contribution in [0.2, 0.25) is 0 Å². The maximum atomic E-state index is 12.8. The van der Waals surface area contributed by atoms with Crippen molar-refractivity contribution >= 4 is 5.91 Å². The van der Waals surface area contributed by atoms with Gasteiger partial charge in [0.2, 0.25) is 5.91 Å². The zero-order chi connectivity index (χ0) is 20.2. The first-order valence-electron chi connectivity index (χ1n) is 9.65. The van der Waals surface area contributed by atoms with E-state index in [0.29, 0.717) is 18.9 Å². The molecule has 2 aromatic heterocycles. The van der Waals surface area contributed by atoms with Crippen molar-refractivity contribution in [1.82, 2.24) is 24.6 Å². The van der Waals surface area contributed by atoms with Gasteiger partial charge < -0.3 is 10.1 Å². The van der Waals surface area contributed by atoms with Gasteiger partial charge >= 0.3 is 5.69 Å². The van der Waals surface area contributed by atoms with Crippen LogP contribution in [0.5, 0.6) is 5.75 Å². The minimum atomic E-state index is -0.143. The van der Waals surface area contributed by atoms with Crippen LogP contribution in [0.4, 0.5) is 0 Å². The first-order chi connectivity index (χ1) is 14.2. The highest BCUT2D eigenvalue weighted by molar-refractivity contribution is 5.78. The van der Waals surface area contributed by atoms with Crippen LogP contribution in [-0.2, 0) is 17.8 Å². The minimum Gasteiger partial charge on any atom is -0.497 e. The van der Waals surface area contributed by atoms with Gasteiger partial charge in [-0.2, -0.15) is 0 Å². The van der Waals surface area contributed by atoms with Crippen LogP contribution >= 0.6 is 0 Å². The zero-order valence-electron chi connectivity index (χ0n) is 16.2. The van der Waals surface area contributed by atoms with Crippen molar-refractivity contribution in [3.05, 3.63) is 64.8 Å². The summed E-state index contributed by atoms with van der Waals surface area (Å²) in [6.45, 7) is 0.656. The number of hydrogen-bond acceptors (Lipinski definition) is 5. The van der Waals surface area contributed by atoms with Crippen LogP contribution in [0.15, 0.2) is 53.6 Å². The highest BCUT2D eigenvalue weighted by Gasteiger charge is 2.30. The monoisotopic (exact) mass is 393 g/mol. The van der Waals surface area contributed by atoms with E-state index in [0.717, 1.165) is 29.7 Å². The molecule has 3 aromatic rings. The maximum absolute atomic E-state index is 12.8. The molecule has 150 valence electrons. The van der Waals surface area contributed by atoms with E-state index < -0.39 is 0 Å². The van der Waals surface area contributed by atoms with Crippen LogP contribution in [0.3, 0.4) is 0 Å². The number of rotatable bonds is 8. The van der Waals surface area contributed by atoms with Crippen molar-refractivity contribution in [2.24, 2.45) is 0 Å². The molecule has 0 aliphatic heterocycles. The second-order valence-electron chi connectivity index (χ2n) is 7.05. The number of nitrogens with zero attached hydrogens (tertiary/aromatic N) is 4. The third-order valence-corrected chi connectivity index (χ3v) is 4.87. The first-order valence-corrected chi connectivity index (χ1v) is 9.65. The van der Waals surface area contributed by atoms with Crippen molar-refractivity contribution in [3.63, 3.8) is 0 Å². The Balaban J connectivity index is 1.39. The van der Waals surface area contributed by atoms with E-state index in [1.165, 1.54) is 4.68 Å². The number of carbonyl (C=O) groups is 1. The van der Waals surface area contributed by atoms with Gasteiger partial charge in [-0.25, -0.2) is 9.48 Å². The highest BCUT2D eigenvalue weighted by atomic mass is 16.5. The second kappa shape index (κ2) is 8.30. The molecule has 8 nitrogen and oxygen atoms in total. The Morgan fingerprint density at radius 1 is 1.24 bits per heavy atom. The lowest BCUT2D eigenvalue weighted by Gasteiger charge is -2.06. The van der Waals surface area contributed by atoms with E-state index in [9.17, 15) is 9.59 Å². The number of aromatic nitrogens is 4. The van der Waals surface area contributed by atoms with Crippen LogP contribution in [0.1, 0.15) is 24.4 Å². The number of benzene rings is 1. The van der Waals surface area contributed by atoms with Gasteiger partial charge in [-0.05, 0) is 42.7 Å². The number of amides is 1. The molecule has 1 aliphatic rings. The summed E-state index contributed by atoms with van der Waals surface area (Å²) in [6.07, 6.45) is 5.64. The molecule has 8 heteroatoms. The molecule has 1 fully saturated rings. The Morgan fingerprint density at radius 2 is 2.03 bits per heavy atom. The molecule has 0 bridgehead atoms. The number of methoxy groups -OCH3 is 1. The number of nitrogens with one attached hydrogen (secondary N) is 1. The Kier molecular flexibility index (Phi) is 5.41. The predicted octanol–water partition coefficient (Wildman–Crippen LogP) is 1.81. The van der Waals surface area contributed by atoms with Gasteiger partial charge in [0.1, 0.15) is 5.75 Å². The van der Waals surface area contributed by atoms with E-state index in [4.69, 9.17) is 4.74 Å². The third-order valence-electron chi connectivity index (χ3n) is 4.87.